The SMILES string of the molecule is CC(=O)CS(=O)(=O)Cl. The predicted molar refractivity (Wildman–Crippen MR) is 30.3 cm³/mol. The van der Waals surface area contributed by atoms with E-state index in [0.717, 1.165) is 0 Å². The van der Waals surface area contributed by atoms with E-state index in [9.17, 15) is 13.2 Å². The fraction of sp³-hybridized carbons (Fsp3) is 0.667. The molecule has 0 aliphatic carbocycles. The number of halogens is 1. The topological polar surface area (TPSA) is 51.2 Å². The van der Waals surface area contributed by atoms with Crippen molar-refractivity contribution in [1.82, 2.24) is 0 Å². The van der Waals surface area contributed by atoms with Gasteiger partial charge >= 0.3 is 0 Å². The quantitative estimate of drug-likeness (QED) is 0.535. The molecule has 0 bridgehead atoms. The van der Waals surface area contributed by atoms with E-state index in [0.29, 0.717) is 0 Å². The summed E-state index contributed by atoms with van der Waals surface area (Å²) in [7, 11) is 1.08. The number of rotatable bonds is 2. The van der Waals surface area contributed by atoms with Crippen molar-refractivity contribution >= 4 is 25.5 Å². The Labute approximate surface area is 52.1 Å². The summed E-state index contributed by atoms with van der Waals surface area (Å²) >= 11 is 0. The van der Waals surface area contributed by atoms with Gasteiger partial charge in [-0.2, -0.15) is 0 Å². The van der Waals surface area contributed by atoms with Crippen LogP contribution in [0.5, 0.6) is 0 Å². The second-order valence-corrected chi connectivity index (χ2v) is 4.16. The van der Waals surface area contributed by atoms with Crippen molar-refractivity contribution in [2.45, 2.75) is 6.92 Å². The Morgan fingerprint density at radius 2 is 2.00 bits per heavy atom. The molecule has 0 amide bonds. The summed E-state index contributed by atoms with van der Waals surface area (Å²) in [4.78, 5) is 10.00. The first-order chi connectivity index (χ1) is 3.42. The molecule has 0 radical (unpaired) electrons. The molecule has 0 aromatic rings. The maximum atomic E-state index is 10.00. The van der Waals surface area contributed by atoms with Gasteiger partial charge in [0.1, 0.15) is 11.5 Å². The van der Waals surface area contributed by atoms with Gasteiger partial charge in [0.2, 0.25) is 9.05 Å². The van der Waals surface area contributed by atoms with E-state index in [4.69, 9.17) is 0 Å². The normalized spacial score (nSPS) is 11.2. The van der Waals surface area contributed by atoms with Gasteiger partial charge in [-0.05, 0) is 6.92 Å². The third kappa shape index (κ3) is 5.91. The second-order valence-electron chi connectivity index (χ2n) is 1.39. The molecule has 0 spiro atoms. The summed E-state index contributed by atoms with van der Waals surface area (Å²) in [5, 5.41) is 0. The van der Waals surface area contributed by atoms with Crippen LogP contribution in [0.3, 0.4) is 0 Å². The predicted octanol–water partition coefficient (Wildman–Crippen LogP) is 0.144. The molecule has 0 rings (SSSR count). The van der Waals surface area contributed by atoms with Crippen molar-refractivity contribution in [2.24, 2.45) is 0 Å². The highest BCUT2D eigenvalue weighted by Gasteiger charge is 2.07. The zero-order valence-corrected chi connectivity index (χ0v) is 5.79. The molecule has 0 aliphatic heterocycles. The Morgan fingerprint density at radius 3 is 2.00 bits per heavy atom. The van der Waals surface area contributed by atoms with Gasteiger partial charge in [-0.15, -0.1) is 0 Å². The maximum Gasteiger partial charge on any atom is 0.239 e. The molecule has 0 atom stereocenters. The minimum absolute atomic E-state index is 0.444. The maximum absolute atomic E-state index is 10.00. The zero-order chi connectivity index (χ0) is 6.78. The fourth-order valence-electron chi connectivity index (χ4n) is 0.243. The Hall–Kier alpha value is -0.0900. The van der Waals surface area contributed by atoms with Gasteiger partial charge in [0.05, 0.1) is 0 Å². The van der Waals surface area contributed by atoms with Crippen LogP contribution in [-0.4, -0.2) is 20.0 Å². The third-order valence-corrected chi connectivity index (χ3v) is 1.45. The van der Waals surface area contributed by atoms with Crippen molar-refractivity contribution < 1.29 is 13.2 Å². The molecule has 0 aliphatic rings. The average Bonchev–Trinajstić information content (AvgIpc) is 1.21. The molecule has 0 fully saturated rings. The number of carbonyl (C=O) groups excluding carboxylic acids is 1. The lowest BCUT2D eigenvalue weighted by molar-refractivity contribution is -0.114. The van der Waals surface area contributed by atoms with Crippen molar-refractivity contribution in [3.8, 4) is 0 Å². The highest BCUT2D eigenvalue weighted by atomic mass is 35.7. The molecule has 0 N–H and O–H groups in total. The van der Waals surface area contributed by atoms with Crippen molar-refractivity contribution in [3.63, 3.8) is 0 Å². The van der Waals surface area contributed by atoms with E-state index in [2.05, 4.69) is 10.7 Å². The molecule has 0 saturated heterocycles. The highest BCUT2D eigenvalue weighted by molar-refractivity contribution is 8.14. The van der Waals surface area contributed by atoms with E-state index < -0.39 is 20.6 Å². The second kappa shape index (κ2) is 2.46. The van der Waals surface area contributed by atoms with Crippen LogP contribution in [-0.2, 0) is 13.8 Å². The minimum atomic E-state index is -3.60. The molecule has 0 aromatic heterocycles. The molecule has 5 heteroatoms. The molecular formula is C3H5ClO3S. The molecular weight excluding hydrogens is 152 g/mol. The van der Waals surface area contributed by atoms with Gasteiger partial charge in [-0.3, -0.25) is 4.79 Å². The lowest BCUT2D eigenvalue weighted by atomic mass is 10.5. The van der Waals surface area contributed by atoms with Crippen LogP contribution in [0.1, 0.15) is 6.92 Å². The van der Waals surface area contributed by atoms with Crippen LogP contribution in [0.2, 0.25) is 0 Å². The summed E-state index contributed by atoms with van der Waals surface area (Å²) in [5.41, 5.74) is 0. The van der Waals surface area contributed by atoms with Crippen LogP contribution < -0.4 is 0 Å². The van der Waals surface area contributed by atoms with Gasteiger partial charge in [0, 0.05) is 10.7 Å². The Kier molecular flexibility index (Phi) is 2.43. The molecule has 48 valence electrons. The molecule has 8 heavy (non-hydrogen) atoms. The van der Waals surface area contributed by atoms with E-state index in [1.54, 1.807) is 0 Å². The smallest absolute Gasteiger partial charge is 0.239 e. The first kappa shape index (κ1) is 7.91. The van der Waals surface area contributed by atoms with Crippen LogP contribution in [0.25, 0.3) is 0 Å². The molecule has 0 aromatic carbocycles. The van der Waals surface area contributed by atoms with E-state index >= 15 is 0 Å². The van der Waals surface area contributed by atoms with Crippen LogP contribution in [0.15, 0.2) is 0 Å². The highest BCUT2D eigenvalue weighted by Crippen LogP contribution is 1.94. The number of hydrogen-bond donors (Lipinski definition) is 0. The van der Waals surface area contributed by atoms with Gasteiger partial charge in [-0.1, -0.05) is 0 Å². The van der Waals surface area contributed by atoms with Crippen molar-refractivity contribution in [3.05, 3.63) is 0 Å². The Bertz CT molecular complexity index is 181. The third-order valence-electron chi connectivity index (χ3n) is 0.376. The summed E-state index contributed by atoms with van der Waals surface area (Å²) in [5.74, 6) is -1.02. The summed E-state index contributed by atoms with van der Waals surface area (Å²) in [6.07, 6.45) is 0. The molecule has 0 heterocycles. The van der Waals surface area contributed by atoms with Gasteiger partial charge < -0.3 is 0 Å². The van der Waals surface area contributed by atoms with E-state index in [1.807, 2.05) is 0 Å². The van der Waals surface area contributed by atoms with Crippen molar-refractivity contribution in [2.75, 3.05) is 5.75 Å². The lowest BCUT2D eigenvalue weighted by Gasteiger charge is -1.84. The summed E-state index contributed by atoms with van der Waals surface area (Å²) in [6.45, 7) is 1.17. The zero-order valence-electron chi connectivity index (χ0n) is 4.22. The average molecular weight is 157 g/mol. The molecule has 0 unspecified atom stereocenters. The van der Waals surface area contributed by atoms with Gasteiger partial charge in [0.25, 0.3) is 0 Å². The lowest BCUT2D eigenvalue weighted by Crippen LogP contribution is -2.05. The first-order valence-electron chi connectivity index (χ1n) is 1.83. The summed E-state index contributed by atoms with van der Waals surface area (Å²) < 4.78 is 20.0. The van der Waals surface area contributed by atoms with Gasteiger partial charge in [-0.25, -0.2) is 8.42 Å². The monoisotopic (exact) mass is 156 g/mol. The molecule has 3 nitrogen and oxygen atoms in total. The van der Waals surface area contributed by atoms with Crippen LogP contribution in [0, 0.1) is 0 Å². The fourth-order valence-corrected chi connectivity index (χ4v) is 1.19. The first-order valence-corrected chi connectivity index (χ1v) is 4.31. The molecule has 0 saturated carbocycles. The van der Waals surface area contributed by atoms with E-state index in [1.165, 1.54) is 6.92 Å². The van der Waals surface area contributed by atoms with Crippen LogP contribution >= 0.6 is 10.7 Å². The van der Waals surface area contributed by atoms with E-state index in [-0.39, 0.29) is 0 Å². The Morgan fingerprint density at radius 1 is 1.62 bits per heavy atom. The standard InChI is InChI=1S/C3H5ClO3S/c1-3(5)2-8(4,6)7/h2H2,1H3. The largest absolute Gasteiger partial charge is 0.299 e. The number of carbonyl (C=O) groups is 1. The summed E-state index contributed by atoms with van der Waals surface area (Å²) in [6, 6.07) is 0. The Balaban J connectivity index is 3.95. The minimum Gasteiger partial charge on any atom is -0.299 e. The number of Topliss-reactive ketones (excluding diaryl/α,β-unsaturated/α-hetero) is 1. The van der Waals surface area contributed by atoms with Gasteiger partial charge in [0.15, 0.2) is 0 Å². The number of ketones is 1. The van der Waals surface area contributed by atoms with Crippen molar-refractivity contribution in [1.29, 1.82) is 0 Å². The number of hydrogen-bond acceptors (Lipinski definition) is 3. The van der Waals surface area contributed by atoms with Crippen LogP contribution in [0.4, 0.5) is 0 Å².